The average molecular weight is 425 g/mol. The van der Waals surface area contributed by atoms with Crippen LogP contribution in [-0.2, 0) is 49.6 Å². The van der Waals surface area contributed by atoms with Crippen LogP contribution in [0.2, 0.25) is 0 Å². The molecule has 17 heavy (non-hydrogen) atoms. The molecule has 0 spiro atoms. The summed E-state index contributed by atoms with van der Waals surface area (Å²) in [5, 5.41) is 28.0. The third-order valence-electron chi connectivity index (χ3n) is 1.63. The topological polar surface area (TPSA) is 101 Å². The molecule has 0 aliphatic carbocycles. The summed E-state index contributed by atoms with van der Waals surface area (Å²) in [6.07, 6.45) is 1.88. The standard InChI is InChI=1S/C9H7NO5.2Ag/c11-8-3-2-7(10(14)15)5-6(8)1-4-9(12)13;;/h1-5,11H,(H,12,13);;/q;2*+1/b4-1+;;. The summed E-state index contributed by atoms with van der Waals surface area (Å²) in [6, 6.07) is 3.36. The van der Waals surface area contributed by atoms with Crippen LogP contribution in [0.5, 0.6) is 5.75 Å². The summed E-state index contributed by atoms with van der Waals surface area (Å²) in [5.74, 6) is -1.40. The molecule has 0 unspecified atom stereocenters. The first-order valence-electron chi connectivity index (χ1n) is 3.89. The fourth-order valence-corrected chi connectivity index (χ4v) is 0.950. The Morgan fingerprint density at radius 3 is 2.41 bits per heavy atom. The Kier molecular flexibility index (Phi) is 8.95. The molecule has 1 aromatic rings. The van der Waals surface area contributed by atoms with E-state index in [2.05, 4.69) is 0 Å². The molecule has 8 heteroatoms. The van der Waals surface area contributed by atoms with Gasteiger partial charge in [-0.1, -0.05) is 0 Å². The minimum atomic E-state index is -1.19. The van der Waals surface area contributed by atoms with E-state index < -0.39 is 10.9 Å². The number of hydrogen-bond acceptors (Lipinski definition) is 4. The van der Waals surface area contributed by atoms with Crippen LogP contribution in [-0.4, -0.2) is 21.1 Å². The number of non-ortho nitro benzene ring substituents is 1. The van der Waals surface area contributed by atoms with Crippen LogP contribution in [0.3, 0.4) is 0 Å². The Labute approximate surface area is 128 Å². The summed E-state index contributed by atoms with van der Waals surface area (Å²) in [4.78, 5) is 20.0. The van der Waals surface area contributed by atoms with E-state index in [1.54, 1.807) is 0 Å². The fraction of sp³-hybridized carbons (Fsp3) is 0. The van der Waals surface area contributed by atoms with Gasteiger partial charge in [-0.15, -0.1) is 0 Å². The molecular formula is C9H7Ag2NO5+2. The third-order valence-corrected chi connectivity index (χ3v) is 1.63. The van der Waals surface area contributed by atoms with Crippen LogP contribution >= 0.6 is 0 Å². The van der Waals surface area contributed by atoms with E-state index in [0.29, 0.717) is 0 Å². The largest absolute Gasteiger partial charge is 1.00 e. The van der Waals surface area contributed by atoms with Crippen molar-refractivity contribution < 1.29 is 64.7 Å². The zero-order chi connectivity index (χ0) is 11.4. The number of carboxylic acids is 1. The number of aromatic hydroxyl groups is 1. The van der Waals surface area contributed by atoms with E-state index in [-0.39, 0.29) is 61.8 Å². The molecule has 0 fully saturated rings. The number of hydrogen-bond donors (Lipinski definition) is 2. The van der Waals surface area contributed by atoms with Gasteiger partial charge in [0.25, 0.3) is 5.69 Å². The quantitative estimate of drug-likeness (QED) is 0.330. The Bertz CT molecular complexity index is 447. The third kappa shape index (κ3) is 5.83. The van der Waals surface area contributed by atoms with Crippen LogP contribution in [0.1, 0.15) is 5.56 Å². The molecule has 0 atom stereocenters. The predicted molar refractivity (Wildman–Crippen MR) is 51.4 cm³/mol. The first-order chi connectivity index (χ1) is 7.00. The van der Waals surface area contributed by atoms with Crippen molar-refractivity contribution in [3.63, 3.8) is 0 Å². The van der Waals surface area contributed by atoms with Crippen molar-refractivity contribution in [2.75, 3.05) is 0 Å². The van der Waals surface area contributed by atoms with Crippen molar-refractivity contribution in [1.29, 1.82) is 0 Å². The molecule has 0 saturated carbocycles. The van der Waals surface area contributed by atoms with Gasteiger partial charge in [0.15, 0.2) is 0 Å². The molecule has 0 saturated heterocycles. The van der Waals surface area contributed by atoms with Crippen LogP contribution in [0.25, 0.3) is 6.08 Å². The molecule has 0 heterocycles. The molecule has 0 bridgehead atoms. The first kappa shape index (κ1) is 18.5. The molecule has 1 aromatic carbocycles. The van der Waals surface area contributed by atoms with Gasteiger partial charge in [0, 0.05) is 23.8 Å². The van der Waals surface area contributed by atoms with Crippen molar-refractivity contribution in [1.82, 2.24) is 0 Å². The van der Waals surface area contributed by atoms with E-state index in [1.165, 1.54) is 0 Å². The fourth-order valence-electron chi connectivity index (χ4n) is 0.950. The van der Waals surface area contributed by atoms with E-state index in [0.717, 1.165) is 30.4 Å². The monoisotopic (exact) mass is 423 g/mol. The molecule has 98 valence electrons. The molecule has 6 nitrogen and oxygen atoms in total. The first-order valence-corrected chi connectivity index (χ1v) is 3.89. The number of phenolic OH excluding ortho intramolecular Hbond substituents is 1. The molecule has 0 aliphatic heterocycles. The van der Waals surface area contributed by atoms with Gasteiger partial charge >= 0.3 is 50.7 Å². The van der Waals surface area contributed by atoms with Crippen LogP contribution in [0.4, 0.5) is 5.69 Å². The van der Waals surface area contributed by atoms with E-state index in [1.807, 2.05) is 0 Å². The van der Waals surface area contributed by atoms with Gasteiger partial charge in [0.2, 0.25) is 0 Å². The number of benzene rings is 1. The van der Waals surface area contributed by atoms with Crippen molar-refractivity contribution in [2.45, 2.75) is 0 Å². The zero-order valence-corrected chi connectivity index (χ0v) is 11.0. The van der Waals surface area contributed by atoms with Gasteiger partial charge in [-0.2, -0.15) is 0 Å². The van der Waals surface area contributed by atoms with Gasteiger partial charge in [0.05, 0.1) is 4.92 Å². The Morgan fingerprint density at radius 1 is 1.35 bits per heavy atom. The van der Waals surface area contributed by atoms with Crippen molar-refractivity contribution >= 4 is 17.7 Å². The van der Waals surface area contributed by atoms with E-state index >= 15 is 0 Å². The molecule has 0 aliphatic rings. The molecule has 0 amide bonds. The van der Waals surface area contributed by atoms with Gasteiger partial charge < -0.3 is 10.2 Å². The minimum Gasteiger partial charge on any atom is -0.507 e. The Morgan fingerprint density at radius 2 is 1.94 bits per heavy atom. The van der Waals surface area contributed by atoms with Crippen LogP contribution < -0.4 is 0 Å². The molecule has 0 aromatic heterocycles. The Hall–Kier alpha value is -0.889. The number of nitro groups is 1. The summed E-state index contributed by atoms with van der Waals surface area (Å²) in [5.41, 5.74) is -0.121. The zero-order valence-electron chi connectivity index (χ0n) is 8.06. The van der Waals surface area contributed by atoms with Crippen molar-refractivity contribution in [3.05, 3.63) is 40.0 Å². The van der Waals surface area contributed by atoms with Crippen molar-refractivity contribution in [3.8, 4) is 5.75 Å². The smallest absolute Gasteiger partial charge is 0.507 e. The number of nitro benzene ring substituents is 1. The van der Waals surface area contributed by atoms with Gasteiger partial charge in [-0.25, -0.2) is 4.79 Å². The molecule has 0 radical (unpaired) electrons. The molecule has 1 rings (SSSR count). The van der Waals surface area contributed by atoms with E-state index in [9.17, 15) is 20.0 Å². The maximum absolute atomic E-state index is 10.4. The summed E-state index contributed by atoms with van der Waals surface area (Å²) in [7, 11) is 0. The maximum Gasteiger partial charge on any atom is 1.00 e. The summed E-state index contributed by atoms with van der Waals surface area (Å²) < 4.78 is 0. The number of carboxylic acid groups (broad SMARTS) is 1. The predicted octanol–water partition coefficient (Wildman–Crippen LogP) is 1.39. The second-order valence-corrected chi connectivity index (χ2v) is 2.67. The minimum absolute atomic E-state index is 0. The van der Waals surface area contributed by atoms with Crippen molar-refractivity contribution in [2.24, 2.45) is 0 Å². The summed E-state index contributed by atoms with van der Waals surface area (Å²) >= 11 is 0. The summed E-state index contributed by atoms with van der Waals surface area (Å²) in [6.45, 7) is 0. The second-order valence-electron chi connectivity index (χ2n) is 2.67. The van der Waals surface area contributed by atoms with Gasteiger partial charge in [-0.3, -0.25) is 10.1 Å². The number of aliphatic carboxylic acids is 1. The van der Waals surface area contributed by atoms with Crippen LogP contribution in [0.15, 0.2) is 24.3 Å². The number of phenols is 1. The van der Waals surface area contributed by atoms with Gasteiger partial charge in [-0.05, 0) is 12.1 Å². The van der Waals surface area contributed by atoms with Crippen LogP contribution in [0, 0.1) is 10.1 Å². The number of carbonyl (C=O) groups is 1. The number of rotatable bonds is 3. The molecule has 2 N–H and O–H groups in total. The van der Waals surface area contributed by atoms with Gasteiger partial charge in [0.1, 0.15) is 5.75 Å². The Balaban J connectivity index is 0. The molecular weight excluding hydrogens is 418 g/mol. The average Bonchev–Trinajstić information content (AvgIpc) is 2.16. The normalized spacial score (nSPS) is 9.18. The maximum atomic E-state index is 10.4. The SMILES string of the molecule is O=C(O)/C=C/c1cc([N+](=O)[O-])ccc1O.[Ag+].[Ag+]. The number of nitrogens with zero attached hydrogens (tertiary/aromatic N) is 1. The van der Waals surface area contributed by atoms with E-state index in [4.69, 9.17) is 5.11 Å². The second kappa shape index (κ2) is 8.24.